The summed E-state index contributed by atoms with van der Waals surface area (Å²) in [4.78, 5) is 3.54. The number of fused-ring (bicyclic) bond motifs is 2. The van der Waals surface area contributed by atoms with Crippen molar-refractivity contribution in [2.24, 2.45) is 0 Å². The van der Waals surface area contributed by atoms with Gasteiger partial charge in [0, 0.05) is 33.7 Å². The highest BCUT2D eigenvalue weighted by molar-refractivity contribution is 9.10. The van der Waals surface area contributed by atoms with Gasteiger partial charge in [0.25, 0.3) is 0 Å². The fourth-order valence-electron chi connectivity index (χ4n) is 3.93. The molecule has 1 N–H and O–H groups in total. The maximum atomic E-state index is 11.0. The van der Waals surface area contributed by atoms with Crippen LogP contribution in [0.5, 0.6) is 0 Å². The average Bonchev–Trinajstić information content (AvgIpc) is 3.41. The minimum absolute atomic E-state index is 0.558. The first-order chi connectivity index (χ1) is 14.7. The van der Waals surface area contributed by atoms with E-state index in [1.54, 1.807) is 22.7 Å². The second-order valence-electron chi connectivity index (χ2n) is 7.99. The van der Waals surface area contributed by atoms with Crippen molar-refractivity contribution in [2.75, 3.05) is 0 Å². The first kappa shape index (κ1) is 22.5. The number of rotatable bonds is 11. The molecule has 5 heteroatoms. The van der Waals surface area contributed by atoms with E-state index in [1.165, 1.54) is 82.2 Å². The first-order valence-corrected chi connectivity index (χ1v) is 14.3. The fraction of sp³-hybridized carbons (Fsp3) is 0.440. The van der Waals surface area contributed by atoms with E-state index < -0.39 is 6.10 Å². The third kappa shape index (κ3) is 5.18. The number of halogens is 1. The van der Waals surface area contributed by atoms with Crippen molar-refractivity contribution in [1.82, 2.24) is 0 Å². The van der Waals surface area contributed by atoms with E-state index in [2.05, 4.69) is 53.2 Å². The summed E-state index contributed by atoms with van der Waals surface area (Å²) in [6, 6.07) is 12.9. The Balaban J connectivity index is 1.34. The zero-order valence-corrected chi connectivity index (χ0v) is 21.5. The number of hydrogen-bond donors (Lipinski definition) is 1. The molecule has 0 amide bonds. The van der Waals surface area contributed by atoms with Gasteiger partial charge in [-0.2, -0.15) is 0 Å². The molecule has 30 heavy (non-hydrogen) atoms. The van der Waals surface area contributed by atoms with Crippen LogP contribution in [0, 0.1) is 0 Å². The Hall–Kier alpha value is -0.720. The Morgan fingerprint density at radius 3 is 2.27 bits per heavy atom. The predicted octanol–water partition coefficient (Wildman–Crippen LogP) is 9.70. The van der Waals surface area contributed by atoms with Gasteiger partial charge in [-0.25, -0.2) is 0 Å². The summed E-state index contributed by atoms with van der Waals surface area (Å²) >= 11 is 9.04. The standard InChI is InChI=1S/C25H29BrOS3/c1-2-3-4-5-6-7-8-9-12-17-15-20-21(28-17)16-22(29-20)24(27)25-23(26)18-13-10-11-14-19(18)30-25/h10-11,13-16,24,27H,2-9,12H2,1H3. The van der Waals surface area contributed by atoms with E-state index in [0.29, 0.717) is 0 Å². The van der Waals surface area contributed by atoms with Gasteiger partial charge in [-0.15, -0.1) is 34.0 Å². The molecule has 160 valence electrons. The van der Waals surface area contributed by atoms with Gasteiger partial charge in [-0.1, -0.05) is 70.1 Å². The van der Waals surface area contributed by atoms with Gasteiger partial charge in [0.1, 0.15) is 6.10 Å². The number of thiophene rings is 3. The molecule has 1 unspecified atom stereocenters. The van der Waals surface area contributed by atoms with Gasteiger partial charge < -0.3 is 5.11 Å². The molecule has 3 heterocycles. The molecule has 0 aliphatic heterocycles. The molecule has 0 aliphatic rings. The fourth-order valence-corrected chi connectivity index (χ4v) is 8.52. The van der Waals surface area contributed by atoms with Crippen molar-refractivity contribution < 1.29 is 5.11 Å². The van der Waals surface area contributed by atoms with Crippen LogP contribution in [0.3, 0.4) is 0 Å². The smallest absolute Gasteiger partial charge is 0.124 e. The van der Waals surface area contributed by atoms with Crippen molar-refractivity contribution >= 4 is 69.4 Å². The molecule has 3 aromatic heterocycles. The highest BCUT2D eigenvalue weighted by atomic mass is 79.9. The molecule has 0 saturated carbocycles. The lowest BCUT2D eigenvalue weighted by atomic mass is 10.1. The van der Waals surface area contributed by atoms with E-state index in [4.69, 9.17) is 0 Å². The summed E-state index contributed by atoms with van der Waals surface area (Å²) in [5.41, 5.74) is 0. The predicted molar refractivity (Wildman–Crippen MR) is 140 cm³/mol. The van der Waals surface area contributed by atoms with Crippen LogP contribution >= 0.6 is 49.9 Å². The van der Waals surface area contributed by atoms with Gasteiger partial charge >= 0.3 is 0 Å². The van der Waals surface area contributed by atoms with Crippen molar-refractivity contribution in [1.29, 1.82) is 0 Å². The van der Waals surface area contributed by atoms with Gasteiger partial charge in [-0.05, 0) is 47.0 Å². The van der Waals surface area contributed by atoms with Gasteiger partial charge in [0.2, 0.25) is 0 Å². The summed E-state index contributed by atoms with van der Waals surface area (Å²) in [5, 5.41) is 12.2. The molecule has 0 radical (unpaired) electrons. The third-order valence-electron chi connectivity index (χ3n) is 5.63. The molecule has 1 atom stereocenters. The minimum atomic E-state index is -0.558. The number of aryl methyl sites for hydroxylation is 1. The molecule has 1 nitrogen and oxygen atoms in total. The zero-order chi connectivity index (χ0) is 20.9. The van der Waals surface area contributed by atoms with Crippen molar-refractivity contribution in [3.8, 4) is 0 Å². The Morgan fingerprint density at radius 1 is 0.833 bits per heavy atom. The Kier molecular flexibility index (Phi) is 8.04. The van der Waals surface area contributed by atoms with Gasteiger partial charge in [-0.3, -0.25) is 0 Å². The van der Waals surface area contributed by atoms with E-state index in [1.807, 2.05) is 17.4 Å². The lowest BCUT2D eigenvalue weighted by Crippen LogP contribution is -1.94. The lowest BCUT2D eigenvalue weighted by molar-refractivity contribution is 0.227. The monoisotopic (exact) mass is 520 g/mol. The molecule has 4 rings (SSSR count). The second-order valence-corrected chi connectivity index (χ2v) is 12.2. The van der Waals surface area contributed by atoms with Crippen molar-refractivity contribution in [3.63, 3.8) is 0 Å². The minimum Gasteiger partial charge on any atom is -0.382 e. The molecule has 0 spiro atoms. The Labute approximate surface area is 199 Å². The molecule has 0 fully saturated rings. The van der Waals surface area contributed by atoms with Crippen molar-refractivity contribution in [3.05, 3.63) is 55.5 Å². The number of hydrogen-bond acceptors (Lipinski definition) is 4. The number of unbranched alkanes of at least 4 members (excludes halogenated alkanes) is 7. The zero-order valence-electron chi connectivity index (χ0n) is 17.5. The highest BCUT2D eigenvalue weighted by Gasteiger charge is 2.21. The van der Waals surface area contributed by atoms with Crippen LogP contribution in [0.1, 0.15) is 79.0 Å². The van der Waals surface area contributed by atoms with Crippen LogP contribution in [0.25, 0.3) is 19.5 Å². The average molecular weight is 522 g/mol. The molecule has 4 aromatic rings. The summed E-state index contributed by atoms with van der Waals surface area (Å²) < 4.78 is 4.88. The van der Waals surface area contributed by atoms with Crippen molar-refractivity contribution in [2.45, 2.75) is 70.8 Å². The largest absolute Gasteiger partial charge is 0.382 e. The number of benzene rings is 1. The molecule has 1 aromatic carbocycles. The van der Waals surface area contributed by atoms with E-state index in [9.17, 15) is 5.11 Å². The van der Waals surface area contributed by atoms with E-state index in [-0.39, 0.29) is 0 Å². The third-order valence-corrected chi connectivity index (χ3v) is 10.4. The van der Waals surface area contributed by atoms with Crippen LogP contribution in [0.2, 0.25) is 0 Å². The molecular formula is C25H29BrOS3. The number of aliphatic hydroxyl groups is 1. The van der Waals surface area contributed by atoms with E-state index >= 15 is 0 Å². The Morgan fingerprint density at radius 2 is 1.53 bits per heavy atom. The van der Waals surface area contributed by atoms with Gasteiger partial charge in [0.05, 0.1) is 4.88 Å². The summed E-state index contributed by atoms with van der Waals surface area (Å²) in [7, 11) is 0. The topological polar surface area (TPSA) is 20.2 Å². The second kappa shape index (κ2) is 10.7. The summed E-state index contributed by atoms with van der Waals surface area (Å²) in [6.07, 6.45) is 11.6. The molecule has 0 aliphatic carbocycles. The SMILES string of the molecule is CCCCCCCCCCc1cc2sc(C(O)c3sc4ccccc4c3Br)cc2s1. The molecule has 0 bridgehead atoms. The summed E-state index contributed by atoms with van der Waals surface area (Å²) in [5.74, 6) is 0. The maximum absolute atomic E-state index is 11.0. The Bertz CT molecular complexity index is 1060. The van der Waals surface area contributed by atoms with Crippen LogP contribution in [0.15, 0.2) is 40.9 Å². The maximum Gasteiger partial charge on any atom is 0.124 e. The van der Waals surface area contributed by atoms with E-state index in [0.717, 1.165) is 14.2 Å². The van der Waals surface area contributed by atoms with Crippen LogP contribution in [-0.2, 0) is 6.42 Å². The first-order valence-electron chi connectivity index (χ1n) is 11.0. The van der Waals surface area contributed by atoms with Gasteiger partial charge in [0.15, 0.2) is 0 Å². The summed E-state index contributed by atoms with van der Waals surface area (Å²) in [6.45, 7) is 2.28. The van der Waals surface area contributed by atoms with Crippen LogP contribution in [-0.4, -0.2) is 5.11 Å². The van der Waals surface area contributed by atoms with Crippen LogP contribution < -0.4 is 0 Å². The van der Waals surface area contributed by atoms with Crippen LogP contribution in [0.4, 0.5) is 0 Å². The normalized spacial score (nSPS) is 12.9. The molecule has 0 saturated heterocycles. The lowest BCUT2D eigenvalue weighted by Gasteiger charge is -2.06. The highest BCUT2D eigenvalue weighted by Crippen LogP contribution is 2.44. The number of aliphatic hydroxyl groups excluding tert-OH is 1. The quantitative estimate of drug-likeness (QED) is 0.195. The molecular weight excluding hydrogens is 492 g/mol.